The molecule has 0 fully saturated rings. The highest BCUT2D eigenvalue weighted by atomic mass is 35.5. The molecule has 0 aliphatic carbocycles. The first-order valence-corrected chi connectivity index (χ1v) is 9.03. The highest BCUT2D eigenvalue weighted by molar-refractivity contribution is 6.42. The van der Waals surface area contributed by atoms with Gasteiger partial charge in [0.1, 0.15) is 6.61 Å². The van der Waals surface area contributed by atoms with Crippen molar-refractivity contribution in [2.24, 2.45) is 0 Å². The summed E-state index contributed by atoms with van der Waals surface area (Å²) in [5.41, 5.74) is 2.04. The Bertz CT molecular complexity index is 680. The number of rotatable bonds is 10. The van der Waals surface area contributed by atoms with Gasteiger partial charge in [-0.1, -0.05) is 35.3 Å². The van der Waals surface area contributed by atoms with Crippen LogP contribution in [0.15, 0.2) is 36.4 Å². The van der Waals surface area contributed by atoms with E-state index in [0.29, 0.717) is 41.3 Å². The van der Waals surface area contributed by atoms with Crippen molar-refractivity contribution in [2.45, 2.75) is 26.5 Å². The van der Waals surface area contributed by atoms with E-state index in [-0.39, 0.29) is 6.61 Å². The van der Waals surface area contributed by atoms with Gasteiger partial charge in [0.2, 0.25) is 0 Å². The average molecular weight is 384 g/mol. The Morgan fingerprint density at radius 2 is 1.76 bits per heavy atom. The molecule has 0 amide bonds. The van der Waals surface area contributed by atoms with E-state index in [4.69, 9.17) is 37.8 Å². The zero-order chi connectivity index (χ0) is 18.1. The molecule has 0 heterocycles. The normalized spacial score (nSPS) is 10.7. The Labute approximate surface area is 158 Å². The van der Waals surface area contributed by atoms with Crippen LogP contribution < -0.4 is 14.8 Å². The first-order valence-electron chi connectivity index (χ1n) is 8.28. The van der Waals surface area contributed by atoms with Gasteiger partial charge in [0.05, 0.1) is 16.7 Å². The number of nitrogens with one attached hydrogen (secondary N) is 1. The van der Waals surface area contributed by atoms with Crippen molar-refractivity contribution in [1.82, 2.24) is 5.32 Å². The molecule has 25 heavy (non-hydrogen) atoms. The minimum Gasteiger partial charge on any atom is -0.490 e. The van der Waals surface area contributed by atoms with Crippen molar-refractivity contribution in [1.29, 1.82) is 0 Å². The van der Waals surface area contributed by atoms with Crippen LogP contribution in [0.3, 0.4) is 0 Å². The number of hydrogen-bond donors (Lipinski definition) is 2. The molecule has 4 nitrogen and oxygen atoms in total. The standard InChI is InChI=1S/C19H23Cl2NO3/c1-2-24-19-11-14(12-22-8-3-9-23)5-7-18(19)25-13-15-4-6-16(20)17(21)10-15/h4-7,10-11,22-23H,2-3,8-9,12-13H2,1H3. The number of benzene rings is 2. The predicted octanol–water partition coefficient (Wildman–Crippen LogP) is 4.44. The average Bonchev–Trinajstić information content (AvgIpc) is 2.61. The zero-order valence-corrected chi connectivity index (χ0v) is 15.7. The molecule has 2 N–H and O–H groups in total. The highest BCUT2D eigenvalue weighted by Crippen LogP contribution is 2.30. The molecule has 2 aromatic rings. The van der Waals surface area contributed by atoms with Gasteiger partial charge in [-0.3, -0.25) is 0 Å². The molecule has 6 heteroatoms. The molecule has 0 aromatic heterocycles. The zero-order valence-electron chi connectivity index (χ0n) is 14.2. The quantitative estimate of drug-likeness (QED) is 0.595. The summed E-state index contributed by atoms with van der Waals surface area (Å²) in [5, 5.41) is 13.1. The second kappa shape index (κ2) is 10.5. The Hall–Kier alpha value is -1.46. The topological polar surface area (TPSA) is 50.7 Å². The number of aliphatic hydroxyl groups excluding tert-OH is 1. The second-order valence-corrected chi connectivity index (χ2v) is 6.32. The summed E-state index contributed by atoms with van der Waals surface area (Å²) >= 11 is 12.0. The van der Waals surface area contributed by atoms with Gasteiger partial charge in [0.25, 0.3) is 0 Å². The molecule has 0 spiro atoms. The third kappa shape index (κ3) is 6.40. The maximum atomic E-state index is 8.81. The van der Waals surface area contributed by atoms with E-state index in [9.17, 15) is 0 Å². The number of hydrogen-bond acceptors (Lipinski definition) is 4. The largest absolute Gasteiger partial charge is 0.490 e. The number of aliphatic hydroxyl groups is 1. The van der Waals surface area contributed by atoms with Crippen molar-refractivity contribution in [2.75, 3.05) is 19.8 Å². The Balaban J connectivity index is 2.01. The van der Waals surface area contributed by atoms with E-state index in [0.717, 1.165) is 24.1 Å². The third-order valence-electron chi connectivity index (χ3n) is 3.53. The molecule has 0 radical (unpaired) electrons. The van der Waals surface area contributed by atoms with Crippen LogP contribution in [-0.2, 0) is 13.2 Å². The smallest absolute Gasteiger partial charge is 0.161 e. The Kier molecular flexibility index (Phi) is 8.35. The van der Waals surface area contributed by atoms with Crippen molar-refractivity contribution in [3.63, 3.8) is 0 Å². The lowest BCUT2D eigenvalue weighted by Gasteiger charge is -2.14. The molecule has 0 aliphatic rings. The summed E-state index contributed by atoms with van der Waals surface area (Å²) in [5.74, 6) is 1.40. The molecular weight excluding hydrogens is 361 g/mol. The SMILES string of the molecule is CCOc1cc(CNCCCO)ccc1OCc1ccc(Cl)c(Cl)c1. The van der Waals surface area contributed by atoms with Crippen LogP contribution in [0.1, 0.15) is 24.5 Å². The first-order chi connectivity index (χ1) is 12.1. The van der Waals surface area contributed by atoms with Crippen molar-refractivity contribution < 1.29 is 14.6 Å². The van der Waals surface area contributed by atoms with E-state index in [1.807, 2.05) is 31.2 Å². The minimum absolute atomic E-state index is 0.193. The summed E-state index contributed by atoms with van der Waals surface area (Å²) in [6.07, 6.45) is 0.739. The number of halogens is 2. The summed E-state index contributed by atoms with van der Waals surface area (Å²) in [4.78, 5) is 0. The molecule has 0 saturated heterocycles. The summed E-state index contributed by atoms with van der Waals surface area (Å²) in [6.45, 7) is 4.56. The van der Waals surface area contributed by atoms with E-state index < -0.39 is 0 Å². The lowest BCUT2D eigenvalue weighted by molar-refractivity contribution is 0.269. The molecule has 0 unspecified atom stereocenters. The van der Waals surface area contributed by atoms with E-state index in [2.05, 4.69) is 5.32 Å². The summed E-state index contributed by atoms with van der Waals surface area (Å²) in [7, 11) is 0. The third-order valence-corrected chi connectivity index (χ3v) is 4.27. The fraction of sp³-hybridized carbons (Fsp3) is 0.368. The van der Waals surface area contributed by atoms with Crippen LogP contribution in [0.2, 0.25) is 10.0 Å². The van der Waals surface area contributed by atoms with Gasteiger partial charge in [-0.2, -0.15) is 0 Å². The summed E-state index contributed by atoms with van der Waals surface area (Å²) in [6, 6.07) is 11.3. The molecule has 2 aromatic carbocycles. The number of ether oxygens (including phenoxy) is 2. The Morgan fingerprint density at radius 3 is 2.48 bits per heavy atom. The van der Waals surface area contributed by atoms with Crippen LogP contribution in [0.25, 0.3) is 0 Å². The summed E-state index contributed by atoms with van der Waals surface area (Å²) < 4.78 is 11.6. The molecule has 2 rings (SSSR count). The van der Waals surface area contributed by atoms with E-state index in [1.165, 1.54) is 0 Å². The van der Waals surface area contributed by atoms with Gasteiger partial charge in [-0.15, -0.1) is 0 Å². The first kappa shape index (κ1) is 19.9. The monoisotopic (exact) mass is 383 g/mol. The second-order valence-electron chi connectivity index (χ2n) is 5.51. The molecule has 136 valence electrons. The maximum Gasteiger partial charge on any atom is 0.161 e. The molecule has 0 atom stereocenters. The molecule has 0 saturated carbocycles. The van der Waals surface area contributed by atoms with Gasteiger partial charge < -0.3 is 19.9 Å². The lowest BCUT2D eigenvalue weighted by Crippen LogP contribution is -2.15. The maximum absolute atomic E-state index is 8.81. The molecular formula is C19H23Cl2NO3. The molecule has 0 aliphatic heterocycles. The van der Waals surface area contributed by atoms with Gasteiger partial charge in [-0.05, 0) is 55.3 Å². The van der Waals surface area contributed by atoms with Crippen LogP contribution in [-0.4, -0.2) is 24.9 Å². The van der Waals surface area contributed by atoms with Gasteiger partial charge in [-0.25, -0.2) is 0 Å². The fourth-order valence-electron chi connectivity index (χ4n) is 2.28. The van der Waals surface area contributed by atoms with Crippen LogP contribution in [0.5, 0.6) is 11.5 Å². The minimum atomic E-state index is 0.193. The predicted molar refractivity (Wildman–Crippen MR) is 102 cm³/mol. The van der Waals surface area contributed by atoms with Crippen molar-refractivity contribution in [3.8, 4) is 11.5 Å². The van der Waals surface area contributed by atoms with Gasteiger partial charge in [0, 0.05) is 13.2 Å². The van der Waals surface area contributed by atoms with Crippen molar-refractivity contribution in [3.05, 3.63) is 57.6 Å². The van der Waals surface area contributed by atoms with Gasteiger partial charge in [0.15, 0.2) is 11.5 Å². The fourth-order valence-corrected chi connectivity index (χ4v) is 2.60. The highest BCUT2D eigenvalue weighted by Gasteiger charge is 2.08. The van der Waals surface area contributed by atoms with E-state index >= 15 is 0 Å². The molecule has 0 bridgehead atoms. The van der Waals surface area contributed by atoms with Crippen LogP contribution in [0, 0.1) is 0 Å². The van der Waals surface area contributed by atoms with E-state index in [1.54, 1.807) is 12.1 Å². The van der Waals surface area contributed by atoms with Crippen LogP contribution >= 0.6 is 23.2 Å². The van der Waals surface area contributed by atoms with Crippen LogP contribution in [0.4, 0.5) is 0 Å². The van der Waals surface area contributed by atoms with Crippen molar-refractivity contribution >= 4 is 23.2 Å². The lowest BCUT2D eigenvalue weighted by atomic mass is 10.2. The van der Waals surface area contributed by atoms with Gasteiger partial charge >= 0.3 is 0 Å². The Morgan fingerprint density at radius 1 is 0.960 bits per heavy atom.